The molecule has 0 amide bonds. The van der Waals surface area contributed by atoms with Crippen LogP contribution in [0, 0.1) is 17.0 Å². The van der Waals surface area contributed by atoms with Crippen molar-refractivity contribution in [3.63, 3.8) is 0 Å². The summed E-state index contributed by atoms with van der Waals surface area (Å²) in [6.45, 7) is 3.66. The molecule has 0 saturated carbocycles. The summed E-state index contributed by atoms with van der Waals surface area (Å²) in [5.74, 6) is 0.444. The number of nitro groups is 1. The molecular weight excluding hydrogens is 246 g/mol. The van der Waals surface area contributed by atoms with E-state index in [2.05, 4.69) is 15.4 Å². The fraction of sp³-hybridized carbons (Fsp3) is 0.333. The van der Waals surface area contributed by atoms with Gasteiger partial charge in [-0.2, -0.15) is 5.10 Å². The predicted octanol–water partition coefficient (Wildman–Crippen LogP) is 2.34. The summed E-state index contributed by atoms with van der Waals surface area (Å²) in [4.78, 5) is 14.6. The summed E-state index contributed by atoms with van der Waals surface area (Å²) in [6, 6.07) is 1.43. The average molecular weight is 261 g/mol. The molecule has 2 aromatic heterocycles. The zero-order valence-electron chi connectivity index (χ0n) is 11.0. The highest BCUT2D eigenvalue weighted by Gasteiger charge is 2.13. The zero-order chi connectivity index (χ0) is 14.0. The molecule has 19 heavy (non-hydrogen) atoms. The first-order chi connectivity index (χ1) is 9.01. The summed E-state index contributed by atoms with van der Waals surface area (Å²) >= 11 is 0. The van der Waals surface area contributed by atoms with E-state index in [0.717, 1.165) is 17.8 Å². The maximum absolute atomic E-state index is 10.9. The third-order valence-corrected chi connectivity index (χ3v) is 2.77. The Morgan fingerprint density at radius 1 is 1.53 bits per heavy atom. The van der Waals surface area contributed by atoms with Crippen molar-refractivity contribution in [1.82, 2.24) is 14.8 Å². The van der Waals surface area contributed by atoms with Gasteiger partial charge in [0.1, 0.15) is 5.82 Å². The van der Waals surface area contributed by atoms with E-state index in [9.17, 15) is 10.1 Å². The molecule has 0 atom stereocenters. The second-order valence-corrected chi connectivity index (χ2v) is 4.25. The fourth-order valence-corrected chi connectivity index (χ4v) is 1.82. The Kier molecular flexibility index (Phi) is 3.46. The first kappa shape index (κ1) is 13.0. The predicted molar refractivity (Wildman–Crippen MR) is 71.5 cm³/mol. The molecule has 0 radical (unpaired) electrons. The molecule has 0 saturated heterocycles. The Bertz CT molecular complexity index is 621. The highest BCUT2D eigenvalue weighted by Crippen LogP contribution is 2.24. The smallest absolute Gasteiger partial charge is 0.277 e. The van der Waals surface area contributed by atoms with Crippen LogP contribution in [0.4, 0.5) is 17.2 Å². The van der Waals surface area contributed by atoms with E-state index in [0.29, 0.717) is 11.4 Å². The minimum absolute atomic E-state index is 0.0550. The van der Waals surface area contributed by atoms with Gasteiger partial charge in [-0.05, 0) is 13.3 Å². The van der Waals surface area contributed by atoms with E-state index in [4.69, 9.17) is 0 Å². The van der Waals surface area contributed by atoms with Crippen LogP contribution < -0.4 is 5.32 Å². The van der Waals surface area contributed by atoms with E-state index in [1.54, 1.807) is 11.6 Å². The van der Waals surface area contributed by atoms with E-state index in [1.807, 2.05) is 20.2 Å². The van der Waals surface area contributed by atoms with Crippen LogP contribution >= 0.6 is 0 Å². The summed E-state index contributed by atoms with van der Waals surface area (Å²) in [6.07, 6.45) is 4.09. The molecule has 0 aliphatic rings. The molecular formula is C12H15N5O2. The van der Waals surface area contributed by atoms with Gasteiger partial charge in [-0.25, -0.2) is 4.98 Å². The van der Waals surface area contributed by atoms with Gasteiger partial charge < -0.3 is 5.32 Å². The van der Waals surface area contributed by atoms with Gasteiger partial charge in [0.05, 0.1) is 22.4 Å². The molecule has 0 fully saturated rings. The van der Waals surface area contributed by atoms with Crippen LogP contribution in [0.3, 0.4) is 0 Å². The topological polar surface area (TPSA) is 85.9 Å². The lowest BCUT2D eigenvalue weighted by Crippen LogP contribution is -1.99. The first-order valence-electron chi connectivity index (χ1n) is 5.91. The SMILES string of the molecule is CCc1nn(C)cc1Nc1cc([N+](=O)[O-])c(C)cn1. The van der Waals surface area contributed by atoms with E-state index in [-0.39, 0.29) is 5.69 Å². The van der Waals surface area contributed by atoms with Gasteiger partial charge in [0.15, 0.2) is 0 Å². The van der Waals surface area contributed by atoms with E-state index >= 15 is 0 Å². The normalized spacial score (nSPS) is 10.5. The van der Waals surface area contributed by atoms with Gasteiger partial charge in [0.2, 0.25) is 0 Å². The summed E-state index contributed by atoms with van der Waals surface area (Å²) in [5, 5.41) is 18.2. The van der Waals surface area contributed by atoms with E-state index in [1.165, 1.54) is 12.3 Å². The Hall–Kier alpha value is -2.44. The lowest BCUT2D eigenvalue weighted by Gasteiger charge is -2.05. The number of nitrogens with one attached hydrogen (secondary N) is 1. The molecule has 1 N–H and O–H groups in total. The van der Waals surface area contributed by atoms with Gasteiger partial charge in [-0.15, -0.1) is 0 Å². The number of hydrogen-bond donors (Lipinski definition) is 1. The maximum Gasteiger partial charge on any atom is 0.277 e. The Morgan fingerprint density at radius 3 is 2.89 bits per heavy atom. The standard InChI is InChI=1S/C12H15N5O2/c1-4-9-10(7-16(3)15-9)14-12-5-11(17(18)19)8(2)6-13-12/h5-7H,4H2,1-3H3,(H,13,14). The molecule has 100 valence electrons. The lowest BCUT2D eigenvalue weighted by molar-refractivity contribution is -0.385. The molecule has 2 rings (SSSR count). The molecule has 0 unspecified atom stereocenters. The first-order valence-corrected chi connectivity index (χ1v) is 5.91. The van der Waals surface area contributed by atoms with Crippen molar-refractivity contribution in [1.29, 1.82) is 0 Å². The molecule has 0 aliphatic carbocycles. The fourth-order valence-electron chi connectivity index (χ4n) is 1.82. The van der Waals surface area contributed by atoms with Crippen molar-refractivity contribution in [2.45, 2.75) is 20.3 Å². The molecule has 0 bridgehead atoms. The van der Waals surface area contributed by atoms with Crippen LogP contribution in [0.5, 0.6) is 0 Å². The van der Waals surface area contributed by atoms with Crippen molar-refractivity contribution < 1.29 is 4.92 Å². The van der Waals surface area contributed by atoms with Crippen LogP contribution in [0.1, 0.15) is 18.2 Å². The van der Waals surface area contributed by atoms with Crippen LogP contribution in [-0.4, -0.2) is 19.7 Å². The molecule has 7 nitrogen and oxygen atoms in total. The van der Waals surface area contributed by atoms with E-state index < -0.39 is 4.92 Å². The number of aromatic nitrogens is 3. The third-order valence-electron chi connectivity index (χ3n) is 2.77. The van der Waals surface area contributed by atoms with Crippen molar-refractivity contribution >= 4 is 17.2 Å². The molecule has 0 aromatic carbocycles. The summed E-state index contributed by atoms with van der Waals surface area (Å²) < 4.78 is 1.70. The molecule has 0 aliphatic heterocycles. The number of hydrogen-bond acceptors (Lipinski definition) is 5. The van der Waals surface area contributed by atoms with Gasteiger partial charge >= 0.3 is 0 Å². The number of pyridine rings is 1. The van der Waals surface area contributed by atoms with Gasteiger partial charge in [-0.1, -0.05) is 6.92 Å². The number of anilines is 2. The molecule has 7 heteroatoms. The number of nitrogens with zero attached hydrogens (tertiary/aromatic N) is 4. The second kappa shape index (κ2) is 5.05. The summed E-state index contributed by atoms with van der Waals surface area (Å²) in [7, 11) is 1.83. The van der Waals surface area contributed by atoms with Gasteiger partial charge in [-0.3, -0.25) is 14.8 Å². The Balaban J connectivity index is 2.33. The lowest BCUT2D eigenvalue weighted by atomic mass is 10.2. The molecule has 2 heterocycles. The Morgan fingerprint density at radius 2 is 2.26 bits per heavy atom. The monoisotopic (exact) mass is 261 g/mol. The van der Waals surface area contributed by atoms with Gasteiger partial charge in [0, 0.05) is 25.0 Å². The Labute approximate surface area is 110 Å². The zero-order valence-corrected chi connectivity index (χ0v) is 11.0. The number of rotatable bonds is 4. The molecule has 0 spiro atoms. The average Bonchev–Trinajstić information content (AvgIpc) is 2.71. The minimum Gasteiger partial charge on any atom is -0.337 e. The maximum atomic E-state index is 10.9. The second-order valence-electron chi connectivity index (χ2n) is 4.25. The van der Waals surface area contributed by atoms with Crippen LogP contribution in [-0.2, 0) is 13.5 Å². The third kappa shape index (κ3) is 2.70. The van der Waals surface area contributed by atoms with Crippen molar-refractivity contribution in [2.24, 2.45) is 7.05 Å². The summed E-state index contributed by atoms with van der Waals surface area (Å²) in [5.41, 5.74) is 2.31. The number of aryl methyl sites for hydroxylation is 3. The van der Waals surface area contributed by atoms with Gasteiger partial charge in [0.25, 0.3) is 5.69 Å². The minimum atomic E-state index is -0.411. The largest absolute Gasteiger partial charge is 0.337 e. The van der Waals surface area contributed by atoms with Crippen molar-refractivity contribution in [2.75, 3.05) is 5.32 Å². The van der Waals surface area contributed by atoms with Crippen molar-refractivity contribution in [3.05, 3.63) is 39.8 Å². The van der Waals surface area contributed by atoms with Crippen molar-refractivity contribution in [3.8, 4) is 0 Å². The highest BCUT2D eigenvalue weighted by molar-refractivity contribution is 5.61. The molecule has 2 aromatic rings. The van der Waals surface area contributed by atoms with Crippen LogP contribution in [0.2, 0.25) is 0 Å². The highest BCUT2D eigenvalue weighted by atomic mass is 16.6. The quantitative estimate of drug-likeness (QED) is 0.674. The van der Waals surface area contributed by atoms with Crippen LogP contribution in [0.25, 0.3) is 0 Å². The van der Waals surface area contributed by atoms with Crippen LogP contribution in [0.15, 0.2) is 18.5 Å².